The van der Waals surface area contributed by atoms with Crippen molar-refractivity contribution < 1.29 is 14.7 Å². The van der Waals surface area contributed by atoms with E-state index >= 15 is 0 Å². The smallest absolute Gasteiger partial charge is 0.319 e. The highest BCUT2D eigenvalue weighted by molar-refractivity contribution is 7.98. The van der Waals surface area contributed by atoms with Crippen molar-refractivity contribution >= 4 is 29.4 Å². The van der Waals surface area contributed by atoms with Crippen LogP contribution in [0.1, 0.15) is 18.4 Å². The quantitative estimate of drug-likeness (QED) is 0.623. The lowest BCUT2D eigenvalue weighted by Crippen LogP contribution is -2.39. The lowest BCUT2D eigenvalue weighted by molar-refractivity contribution is -0.137. The van der Waals surface area contributed by atoms with Crippen molar-refractivity contribution in [1.82, 2.24) is 5.32 Å². The molecule has 132 valence electrons. The zero-order valence-electron chi connectivity index (χ0n) is 14.1. The Morgan fingerprint density at radius 3 is 2.44 bits per heavy atom. The number of nitrogens with one attached hydrogen (secondary N) is 2. The molecule has 2 amide bonds. The van der Waals surface area contributed by atoms with Crippen LogP contribution in [0, 0.1) is 0 Å². The van der Waals surface area contributed by atoms with Gasteiger partial charge < -0.3 is 15.7 Å². The Balaban J connectivity index is 2.01. The van der Waals surface area contributed by atoms with Crippen molar-refractivity contribution in [1.29, 1.82) is 0 Å². The van der Waals surface area contributed by atoms with E-state index in [0.29, 0.717) is 12.8 Å². The molecule has 0 aliphatic rings. The van der Waals surface area contributed by atoms with Crippen LogP contribution in [-0.2, 0) is 11.2 Å². The maximum Gasteiger partial charge on any atom is 0.319 e. The maximum atomic E-state index is 12.3. The Labute approximate surface area is 151 Å². The lowest BCUT2D eigenvalue weighted by atomic mass is 10.0. The van der Waals surface area contributed by atoms with Gasteiger partial charge in [0.05, 0.1) is 5.69 Å². The van der Waals surface area contributed by atoms with Crippen LogP contribution in [0.25, 0.3) is 0 Å². The highest BCUT2D eigenvalue weighted by atomic mass is 32.2. The summed E-state index contributed by atoms with van der Waals surface area (Å²) in [5.41, 5.74) is 1.80. The molecule has 0 fully saturated rings. The van der Waals surface area contributed by atoms with E-state index in [2.05, 4.69) is 10.6 Å². The van der Waals surface area contributed by atoms with Gasteiger partial charge in [0.1, 0.15) is 0 Å². The fourth-order valence-electron chi connectivity index (χ4n) is 2.51. The van der Waals surface area contributed by atoms with Crippen LogP contribution in [0.5, 0.6) is 0 Å². The van der Waals surface area contributed by atoms with Crippen LogP contribution in [0.3, 0.4) is 0 Å². The third kappa shape index (κ3) is 6.51. The van der Waals surface area contributed by atoms with Gasteiger partial charge in [-0.25, -0.2) is 4.79 Å². The van der Waals surface area contributed by atoms with Gasteiger partial charge in [-0.1, -0.05) is 42.5 Å². The van der Waals surface area contributed by atoms with Gasteiger partial charge in [0.25, 0.3) is 0 Å². The van der Waals surface area contributed by atoms with Gasteiger partial charge in [0.15, 0.2) is 0 Å². The largest absolute Gasteiger partial charge is 0.481 e. The van der Waals surface area contributed by atoms with Crippen molar-refractivity contribution in [2.75, 3.05) is 11.6 Å². The number of aliphatic carboxylic acids is 1. The summed E-state index contributed by atoms with van der Waals surface area (Å²) in [5.74, 6) is -0.868. The molecular formula is C19H22N2O3S. The number of rotatable bonds is 8. The Morgan fingerprint density at radius 2 is 1.76 bits per heavy atom. The standard InChI is InChI=1S/C19H22N2O3S/c1-25-17-10-6-5-9-16(17)21-19(24)20-15(11-12-18(22)23)13-14-7-3-2-4-8-14/h2-10,15H,11-13H2,1H3,(H,22,23)(H2,20,21,24). The first-order valence-electron chi connectivity index (χ1n) is 8.04. The second kappa shape index (κ2) is 9.74. The molecule has 1 atom stereocenters. The zero-order chi connectivity index (χ0) is 18.1. The molecule has 0 radical (unpaired) electrons. The van der Waals surface area contributed by atoms with E-state index in [9.17, 15) is 9.59 Å². The van der Waals surface area contributed by atoms with Gasteiger partial charge in [-0.15, -0.1) is 11.8 Å². The summed E-state index contributed by atoms with van der Waals surface area (Å²) in [6.45, 7) is 0. The van der Waals surface area contributed by atoms with Gasteiger partial charge in [-0.05, 0) is 36.8 Å². The molecule has 25 heavy (non-hydrogen) atoms. The number of amides is 2. The van der Waals surface area contributed by atoms with E-state index in [1.165, 1.54) is 0 Å². The number of carbonyl (C=O) groups is 2. The van der Waals surface area contributed by atoms with Crippen molar-refractivity contribution in [2.45, 2.75) is 30.2 Å². The molecule has 0 aliphatic heterocycles. The molecule has 0 saturated carbocycles. The molecule has 0 heterocycles. The summed E-state index contributed by atoms with van der Waals surface area (Å²) in [6, 6.07) is 16.7. The number of hydrogen-bond acceptors (Lipinski definition) is 3. The number of anilines is 1. The number of carbonyl (C=O) groups excluding carboxylic acids is 1. The molecular weight excluding hydrogens is 336 g/mol. The topological polar surface area (TPSA) is 78.4 Å². The van der Waals surface area contributed by atoms with E-state index in [-0.39, 0.29) is 18.5 Å². The summed E-state index contributed by atoms with van der Waals surface area (Å²) in [7, 11) is 0. The van der Waals surface area contributed by atoms with Crippen molar-refractivity contribution in [3.05, 3.63) is 60.2 Å². The molecule has 2 rings (SSSR count). The third-order valence-electron chi connectivity index (χ3n) is 3.72. The molecule has 5 nitrogen and oxygen atoms in total. The minimum absolute atomic E-state index is 0.0131. The summed E-state index contributed by atoms with van der Waals surface area (Å²) in [6.07, 6.45) is 2.93. The maximum absolute atomic E-state index is 12.3. The fraction of sp³-hybridized carbons (Fsp3) is 0.263. The average Bonchev–Trinajstić information content (AvgIpc) is 2.61. The molecule has 1 unspecified atom stereocenters. The van der Waals surface area contributed by atoms with Crippen LogP contribution in [0.4, 0.5) is 10.5 Å². The van der Waals surface area contributed by atoms with Crippen molar-refractivity contribution in [3.63, 3.8) is 0 Å². The molecule has 0 saturated heterocycles. The van der Waals surface area contributed by atoms with E-state index in [1.807, 2.05) is 60.9 Å². The van der Waals surface area contributed by atoms with Crippen LogP contribution in [0.15, 0.2) is 59.5 Å². The highest BCUT2D eigenvalue weighted by Crippen LogP contribution is 2.24. The molecule has 2 aromatic carbocycles. The van der Waals surface area contributed by atoms with Gasteiger partial charge >= 0.3 is 12.0 Å². The first-order chi connectivity index (χ1) is 12.1. The van der Waals surface area contributed by atoms with Gasteiger partial charge in [-0.3, -0.25) is 4.79 Å². The molecule has 0 bridgehead atoms. The summed E-state index contributed by atoms with van der Waals surface area (Å²) in [5, 5.41) is 14.7. The zero-order valence-corrected chi connectivity index (χ0v) is 14.9. The Morgan fingerprint density at radius 1 is 1.08 bits per heavy atom. The number of carboxylic acids is 1. The number of thioether (sulfide) groups is 1. The molecule has 0 aliphatic carbocycles. The average molecular weight is 358 g/mol. The molecule has 2 aromatic rings. The van der Waals surface area contributed by atoms with Crippen LogP contribution >= 0.6 is 11.8 Å². The van der Waals surface area contributed by atoms with Crippen LogP contribution in [0.2, 0.25) is 0 Å². The number of urea groups is 1. The summed E-state index contributed by atoms with van der Waals surface area (Å²) >= 11 is 1.55. The van der Waals surface area contributed by atoms with E-state index < -0.39 is 5.97 Å². The molecule has 0 spiro atoms. The van der Waals surface area contributed by atoms with Gasteiger partial charge in [0, 0.05) is 17.4 Å². The SMILES string of the molecule is CSc1ccccc1NC(=O)NC(CCC(=O)O)Cc1ccccc1. The van der Waals surface area contributed by atoms with Gasteiger partial charge in [-0.2, -0.15) is 0 Å². The summed E-state index contributed by atoms with van der Waals surface area (Å²) in [4.78, 5) is 24.2. The summed E-state index contributed by atoms with van der Waals surface area (Å²) < 4.78 is 0. The molecule has 3 N–H and O–H groups in total. The predicted molar refractivity (Wildman–Crippen MR) is 101 cm³/mol. The lowest BCUT2D eigenvalue weighted by Gasteiger charge is -2.19. The van der Waals surface area contributed by atoms with Gasteiger partial charge in [0.2, 0.25) is 0 Å². The second-order valence-electron chi connectivity index (χ2n) is 5.62. The predicted octanol–water partition coefficient (Wildman–Crippen LogP) is 4.01. The minimum atomic E-state index is -0.868. The second-order valence-corrected chi connectivity index (χ2v) is 6.47. The Hall–Kier alpha value is -2.47. The number of benzene rings is 2. The number of para-hydroxylation sites is 1. The van der Waals surface area contributed by atoms with E-state index in [4.69, 9.17) is 5.11 Å². The first kappa shape index (κ1) is 18.9. The van der Waals surface area contributed by atoms with E-state index in [0.717, 1.165) is 16.1 Å². The van der Waals surface area contributed by atoms with Crippen molar-refractivity contribution in [2.24, 2.45) is 0 Å². The highest BCUT2D eigenvalue weighted by Gasteiger charge is 2.15. The molecule has 6 heteroatoms. The minimum Gasteiger partial charge on any atom is -0.481 e. The molecule has 0 aromatic heterocycles. The van der Waals surface area contributed by atoms with Crippen molar-refractivity contribution in [3.8, 4) is 0 Å². The number of hydrogen-bond donors (Lipinski definition) is 3. The third-order valence-corrected chi connectivity index (χ3v) is 4.52. The van der Waals surface area contributed by atoms with E-state index in [1.54, 1.807) is 11.8 Å². The fourth-order valence-corrected chi connectivity index (χ4v) is 3.07. The number of carboxylic acid groups (broad SMARTS) is 1. The normalized spacial score (nSPS) is 11.6. The monoisotopic (exact) mass is 358 g/mol. The Bertz CT molecular complexity index is 707. The van der Waals surface area contributed by atoms with Crippen LogP contribution in [-0.4, -0.2) is 29.4 Å². The Kier molecular flexibility index (Phi) is 7.35. The van der Waals surface area contributed by atoms with Crippen LogP contribution < -0.4 is 10.6 Å². The first-order valence-corrected chi connectivity index (χ1v) is 9.27.